The zero-order chi connectivity index (χ0) is 19.0. The van der Waals surface area contributed by atoms with E-state index >= 15 is 0 Å². The lowest BCUT2D eigenvalue weighted by atomic mass is 10.0. The Balaban J connectivity index is 1.54. The van der Waals surface area contributed by atoms with Gasteiger partial charge in [-0.1, -0.05) is 51.0 Å². The van der Waals surface area contributed by atoms with Gasteiger partial charge in [0.05, 0.1) is 10.4 Å². The van der Waals surface area contributed by atoms with Gasteiger partial charge in [0.25, 0.3) is 0 Å². The predicted molar refractivity (Wildman–Crippen MR) is 122 cm³/mol. The summed E-state index contributed by atoms with van der Waals surface area (Å²) in [5, 5.41) is 0. The van der Waals surface area contributed by atoms with Gasteiger partial charge in [0, 0.05) is 18.9 Å². The van der Waals surface area contributed by atoms with Crippen molar-refractivity contribution in [2.75, 3.05) is 11.5 Å². The summed E-state index contributed by atoms with van der Waals surface area (Å²) >= 11 is 4.41. The molecule has 0 aliphatic carbocycles. The highest BCUT2D eigenvalue weighted by molar-refractivity contribution is 8.18. The lowest BCUT2D eigenvalue weighted by Crippen LogP contribution is -2.33. The lowest BCUT2D eigenvalue weighted by molar-refractivity contribution is 0.550. The Morgan fingerprint density at radius 3 is 2.26 bits per heavy atom. The van der Waals surface area contributed by atoms with Gasteiger partial charge >= 0.3 is 0 Å². The fourth-order valence-electron chi connectivity index (χ4n) is 3.65. The highest BCUT2D eigenvalue weighted by Crippen LogP contribution is 2.49. The molecule has 0 bridgehead atoms. The van der Waals surface area contributed by atoms with Crippen molar-refractivity contribution in [3.63, 3.8) is 0 Å². The predicted octanol–water partition coefficient (Wildman–Crippen LogP) is 6.45. The van der Waals surface area contributed by atoms with Crippen molar-refractivity contribution < 1.29 is 0 Å². The van der Waals surface area contributed by atoms with E-state index < -0.39 is 0 Å². The third-order valence-electron chi connectivity index (χ3n) is 5.59. The second-order valence-electron chi connectivity index (χ2n) is 7.82. The zero-order valence-electron chi connectivity index (χ0n) is 16.9. The van der Waals surface area contributed by atoms with Gasteiger partial charge in [-0.3, -0.25) is 0 Å². The summed E-state index contributed by atoms with van der Waals surface area (Å²) in [5.74, 6) is 3.50. The number of benzene rings is 1. The van der Waals surface area contributed by atoms with E-state index in [0.29, 0.717) is 4.08 Å². The normalized spacial score (nSPS) is 22.8. The molecule has 0 radical (unpaired) electrons. The first kappa shape index (κ1) is 20.9. The van der Waals surface area contributed by atoms with E-state index in [2.05, 4.69) is 77.4 Å². The topological polar surface area (TPSA) is 17.8 Å². The molecule has 0 N–H and O–H groups in total. The molecule has 2 nitrogen and oxygen atoms in total. The molecule has 2 aromatic rings. The number of imidazole rings is 1. The molecule has 0 saturated carbocycles. The second-order valence-corrected chi connectivity index (χ2v) is 10.9. The zero-order valence-corrected chi connectivity index (χ0v) is 18.5. The fourth-order valence-corrected chi connectivity index (χ4v) is 7.39. The molecule has 4 heteroatoms. The minimum absolute atomic E-state index is 0.313. The van der Waals surface area contributed by atoms with Gasteiger partial charge in [0.15, 0.2) is 0 Å². The summed E-state index contributed by atoms with van der Waals surface area (Å²) in [7, 11) is 0. The van der Waals surface area contributed by atoms with Crippen molar-refractivity contribution in [3.8, 4) is 0 Å². The summed E-state index contributed by atoms with van der Waals surface area (Å²) in [6, 6.07) is 9.37. The summed E-state index contributed by atoms with van der Waals surface area (Å²) in [4.78, 5) is 4.25. The molecule has 148 valence electrons. The first-order valence-electron chi connectivity index (χ1n) is 10.5. The van der Waals surface area contributed by atoms with Crippen LogP contribution in [-0.4, -0.2) is 25.1 Å². The molecule has 1 aromatic carbocycles. The Morgan fingerprint density at radius 1 is 1.04 bits per heavy atom. The Bertz CT molecular complexity index is 644. The molecule has 1 saturated heterocycles. The van der Waals surface area contributed by atoms with Gasteiger partial charge in [0.2, 0.25) is 0 Å². The highest BCUT2D eigenvalue weighted by atomic mass is 32.2. The number of hydrogen-bond donors (Lipinski definition) is 0. The Morgan fingerprint density at radius 2 is 1.70 bits per heavy atom. The maximum absolute atomic E-state index is 4.25. The quantitative estimate of drug-likeness (QED) is 0.455. The molecular weight excluding hydrogens is 368 g/mol. The van der Waals surface area contributed by atoms with Crippen LogP contribution in [0.15, 0.2) is 43.0 Å². The van der Waals surface area contributed by atoms with Crippen LogP contribution in [0, 0.1) is 5.92 Å². The molecule has 0 amide bonds. The largest absolute Gasteiger partial charge is 0.335 e. The standard InChI is InChI=1S/C23H34N2S2/c1-3-5-7-21-9-11-22(12-10-21)8-6-13-23(18-25-15-14-24-19-25)26-16-20(4-2)17-27-23/h9-12,14-15,19-20H,3-8,13,16-18H2,1-2H3. The van der Waals surface area contributed by atoms with Gasteiger partial charge in [-0.05, 0) is 60.7 Å². The molecule has 0 unspecified atom stereocenters. The first-order valence-corrected chi connectivity index (χ1v) is 12.5. The number of aromatic nitrogens is 2. The number of aryl methyl sites for hydroxylation is 2. The highest BCUT2D eigenvalue weighted by Gasteiger charge is 2.36. The summed E-state index contributed by atoms with van der Waals surface area (Å²) in [6.07, 6.45) is 14.8. The molecule has 1 aromatic heterocycles. The van der Waals surface area contributed by atoms with E-state index in [1.54, 1.807) is 0 Å². The second kappa shape index (κ2) is 10.6. The number of unbranched alkanes of at least 4 members (excludes halogenated alkanes) is 1. The third kappa shape index (κ3) is 6.32. The minimum Gasteiger partial charge on any atom is -0.335 e. The SMILES string of the molecule is CCCCc1ccc(CCCC2(Cn3ccnc3)SCC(CC)CS2)cc1. The lowest BCUT2D eigenvalue weighted by Gasteiger charge is -2.39. The summed E-state index contributed by atoms with van der Waals surface area (Å²) < 4.78 is 2.59. The van der Waals surface area contributed by atoms with Gasteiger partial charge in [0.1, 0.15) is 0 Å². The molecule has 0 atom stereocenters. The number of hydrogen-bond acceptors (Lipinski definition) is 3. The van der Waals surface area contributed by atoms with Crippen LogP contribution in [0.4, 0.5) is 0 Å². The van der Waals surface area contributed by atoms with E-state index in [1.165, 1.54) is 67.6 Å². The molecule has 0 spiro atoms. The van der Waals surface area contributed by atoms with E-state index in [1.807, 2.05) is 12.5 Å². The van der Waals surface area contributed by atoms with Crippen molar-refractivity contribution in [3.05, 3.63) is 54.1 Å². The van der Waals surface area contributed by atoms with Gasteiger partial charge < -0.3 is 4.57 Å². The van der Waals surface area contributed by atoms with Crippen molar-refractivity contribution >= 4 is 23.5 Å². The molecule has 1 aliphatic rings. The van der Waals surface area contributed by atoms with Crippen LogP contribution in [0.25, 0.3) is 0 Å². The van der Waals surface area contributed by atoms with Crippen LogP contribution in [0.1, 0.15) is 57.1 Å². The molecular formula is C23H34N2S2. The summed E-state index contributed by atoms with van der Waals surface area (Å²) in [5.41, 5.74) is 2.98. The minimum atomic E-state index is 0.313. The van der Waals surface area contributed by atoms with Gasteiger partial charge in [-0.15, -0.1) is 23.5 Å². The van der Waals surface area contributed by atoms with E-state index in [9.17, 15) is 0 Å². The van der Waals surface area contributed by atoms with E-state index in [0.717, 1.165) is 12.5 Å². The van der Waals surface area contributed by atoms with E-state index in [-0.39, 0.29) is 0 Å². The maximum Gasteiger partial charge on any atom is 0.0946 e. The molecule has 1 fully saturated rings. The number of rotatable bonds is 10. The molecule has 2 heterocycles. The van der Waals surface area contributed by atoms with Gasteiger partial charge in [-0.25, -0.2) is 4.98 Å². The monoisotopic (exact) mass is 402 g/mol. The van der Waals surface area contributed by atoms with Crippen molar-refractivity contribution in [2.24, 2.45) is 5.92 Å². The van der Waals surface area contributed by atoms with Crippen molar-refractivity contribution in [1.29, 1.82) is 0 Å². The first-order chi connectivity index (χ1) is 13.2. The number of nitrogens with zero attached hydrogens (tertiary/aromatic N) is 2. The summed E-state index contributed by atoms with van der Waals surface area (Å²) in [6.45, 7) is 5.67. The Hall–Kier alpha value is -0.870. The van der Waals surface area contributed by atoms with Crippen LogP contribution >= 0.6 is 23.5 Å². The van der Waals surface area contributed by atoms with Crippen LogP contribution < -0.4 is 0 Å². The third-order valence-corrected chi connectivity index (χ3v) is 9.29. The van der Waals surface area contributed by atoms with Crippen molar-refractivity contribution in [1.82, 2.24) is 9.55 Å². The van der Waals surface area contributed by atoms with Crippen LogP contribution in [-0.2, 0) is 19.4 Å². The maximum atomic E-state index is 4.25. The smallest absolute Gasteiger partial charge is 0.0946 e. The van der Waals surface area contributed by atoms with Crippen molar-refractivity contribution in [2.45, 2.75) is 69.4 Å². The average Bonchev–Trinajstić information content (AvgIpc) is 3.21. The molecule has 3 rings (SSSR count). The van der Waals surface area contributed by atoms with E-state index in [4.69, 9.17) is 0 Å². The van der Waals surface area contributed by atoms with Gasteiger partial charge in [-0.2, -0.15) is 0 Å². The molecule has 27 heavy (non-hydrogen) atoms. The van der Waals surface area contributed by atoms with Crippen LogP contribution in [0.5, 0.6) is 0 Å². The van der Waals surface area contributed by atoms with Crippen LogP contribution in [0.2, 0.25) is 0 Å². The average molecular weight is 403 g/mol. The molecule has 1 aliphatic heterocycles. The Labute approximate surface area is 173 Å². The number of thioether (sulfide) groups is 2. The van der Waals surface area contributed by atoms with Crippen LogP contribution in [0.3, 0.4) is 0 Å². The fraction of sp³-hybridized carbons (Fsp3) is 0.609. The Kier molecular flexibility index (Phi) is 8.20.